The highest BCUT2D eigenvalue weighted by atomic mass is 35.5. The Balaban J connectivity index is 0.000000264. The number of amides is 1. The van der Waals surface area contributed by atoms with E-state index in [1.807, 2.05) is 33.8 Å². The first-order chi connectivity index (χ1) is 34.8. The number of aromatic carboxylic acids is 1. The van der Waals surface area contributed by atoms with E-state index in [0.717, 1.165) is 33.6 Å². The highest BCUT2D eigenvalue weighted by molar-refractivity contribution is 7.89. The molecule has 0 bridgehead atoms. The molecule has 0 unspecified atom stereocenters. The van der Waals surface area contributed by atoms with Crippen molar-refractivity contribution in [3.05, 3.63) is 175 Å². The summed E-state index contributed by atoms with van der Waals surface area (Å²) in [7, 11) is -9.02. The first kappa shape index (κ1) is 57.6. The summed E-state index contributed by atoms with van der Waals surface area (Å²) in [5.74, 6) is -0.337. The SMILES string of the molecule is C.Cc1cc(N)nc(C)c1CN.Cc1cc(N)nc(C)c1CNC(=O)c1ccnc(Cc2cc(S(N)(=O)=O)c3ncc(Cl)cc3c2)c1.NS(=O)(=O)c1cc(Cc2cc(C(=O)O)ccn2)cc2cc(Cl)cnc12.[2H]CF. The average molecular weight is 1090 g/mol. The summed E-state index contributed by atoms with van der Waals surface area (Å²) >= 11 is 12.0. The number of nitrogens with zero attached hydrogens (tertiary/aromatic N) is 6. The topological polar surface area (TPSA) is 342 Å². The van der Waals surface area contributed by atoms with Gasteiger partial charge in [0.2, 0.25) is 20.0 Å². The van der Waals surface area contributed by atoms with Gasteiger partial charge in [0.25, 0.3) is 5.91 Å². The van der Waals surface area contributed by atoms with E-state index in [4.69, 9.17) is 57.2 Å². The van der Waals surface area contributed by atoms with Gasteiger partial charge in [0.1, 0.15) is 21.4 Å². The molecule has 0 aliphatic heterocycles. The van der Waals surface area contributed by atoms with Crippen molar-refractivity contribution in [1.29, 1.82) is 0 Å². The summed E-state index contributed by atoms with van der Waals surface area (Å²) in [6, 6.07) is 19.3. The Kier molecular flexibility index (Phi) is 19.9. The van der Waals surface area contributed by atoms with E-state index >= 15 is 0 Å². The second kappa shape index (κ2) is 25.6. The lowest BCUT2D eigenvalue weighted by molar-refractivity contribution is 0.0696. The maximum Gasteiger partial charge on any atom is 0.335 e. The van der Waals surface area contributed by atoms with Gasteiger partial charge in [0, 0.05) is 89.8 Å². The van der Waals surface area contributed by atoms with Crippen LogP contribution in [0.2, 0.25) is 10.0 Å². The number of sulfonamides is 2. The van der Waals surface area contributed by atoms with Crippen LogP contribution in [0.25, 0.3) is 21.8 Å². The Bertz CT molecular complexity index is 3590. The molecule has 8 rings (SSSR count). The zero-order valence-corrected chi connectivity index (χ0v) is 42.8. The molecule has 6 heterocycles. The molecule has 19 nitrogen and oxygen atoms in total. The molecular formula is C50H55Cl2FN12O7S2. The number of carbonyl (C=O) groups excluding carboxylic acids is 1. The first-order valence-corrected chi connectivity index (χ1v) is 25.3. The zero-order valence-electron chi connectivity index (χ0n) is 40.7. The van der Waals surface area contributed by atoms with Gasteiger partial charge in [-0.25, -0.2) is 41.9 Å². The lowest BCUT2D eigenvalue weighted by atomic mass is 10.0. The van der Waals surface area contributed by atoms with E-state index in [1.54, 1.807) is 42.5 Å². The van der Waals surface area contributed by atoms with Gasteiger partial charge in [0.15, 0.2) is 0 Å². The number of primary sulfonamides is 2. The van der Waals surface area contributed by atoms with Gasteiger partial charge in [-0.15, -0.1) is 0 Å². The summed E-state index contributed by atoms with van der Waals surface area (Å²) in [4.78, 5) is 48.6. The lowest BCUT2D eigenvalue weighted by Gasteiger charge is -2.12. The third-order valence-corrected chi connectivity index (χ3v) is 13.1. The quantitative estimate of drug-likeness (QED) is 0.0672. The standard InChI is InChI=1S/C24H23ClN6O3S.C16H12ClN3O4S.C8H13N3.CH3F.CH4/c1-13-5-22(26)31-14(2)20(13)12-30-24(32)16-3-4-28-19(10-16)7-15-6-17-9-18(25)11-29-23(17)21(8-15)35(27,33)34;17-12-6-11-3-9(4-13-7-10(16(21)22)1-2-19-13)5-14(25(18,23)24)15(11)20-8-12;1-5-3-8(10)11-6(2)7(5)4-9;1-2;/h3-6,8-11H,7,12H2,1-2H3,(H2,26,31)(H,30,32)(H2,27,33,34);1-3,5-8H,4H2,(H,21,22)(H2,18,23,24);3H,4,9H2,1-2H3,(H2,10,11);1H3;1H4/i;;;1D;. The van der Waals surface area contributed by atoms with Crippen LogP contribution >= 0.6 is 23.2 Å². The number of nitrogens with one attached hydrogen (secondary N) is 1. The van der Waals surface area contributed by atoms with Crippen LogP contribution in [0.4, 0.5) is 16.0 Å². The molecule has 0 fully saturated rings. The van der Waals surface area contributed by atoms with Crippen molar-refractivity contribution >= 4 is 88.6 Å². The number of pyridine rings is 6. The van der Waals surface area contributed by atoms with Crippen LogP contribution in [0.5, 0.6) is 0 Å². The maximum atomic E-state index is 12.8. The van der Waals surface area contributed by atoms with Gasteiger partial charge < -0.3 is 27.6 Å². The molecule has 0 spiro atoms. The Labute approximate surface area is 439 Å². The van der Waals surface area contributed by atoms with Crippen molar-refractivity contribution in [3.63, 3.8) is 0 Å². The minimum atomic E-state index is -4.03. The van der Waals surface area contributed by atoms with E-state index in [2.05, 4.69) is 35.2 Å². The fourth-order valence-corrected chi connectivity index (χ4v) is 9.44. The molecule has 390 valence electrons. The molecule has 74 heavy (non-hydrogen) atoms. The third-order valence-electron chi connectivity index (χ3n) is 10.9. The van der Waals surface area contributed by atoms with Crippen molar-refractivity contribution in [2.75, 3.05) is 18.6 Å². The highest BCUT2D eigenvalue weighted by Crippen LogP contribution is 2.28. The largest absolute Gasteiger partial charge is 0.478 e. The van der Waals surface area contributed by atoms with Crippen molar-refractivity contribution in [2.45, 2.75) is 70.8 Å². The number of benzene rings is 2. The molecule has 0 aliphatic carbocycles. The van der Waals surface area contributed by atoms with Crippen LogP contribution in [-0.2, 0) is 46.0 Å². The van der Waals surface area contributed by atoms with E-state index in [-0.39, 0.29) is 52.6 Å². The third kappa shape index (κ3) is 15.6. The molecule has 0 saturated carbocycles. The molecule has 0 saturated heterocycles. The number of alkyl halides is 1. The molecule has 12 N–H and O–H groups in total. The molecule has 6 aromatic heterocycles. The second-order valence-electron chi connectivity index (χ2n) is 16.2. The summed E-state index contributed by atoms with van der Waals surface area (Å²) in [6.07, 6.45) is 6.13. The summed E-state index contributed by atoms with van der Waals surface area (Å²) in [6.45, 7) is 8.51. The number of rotatable bonds is 11. The lowest BCUT2D eigenvalue weighted by Crippen LogP contribution is -2.24. The molecule has 0 atom stereocenters. The maximum absolute atomic E-state index is 12.8. The van der Waals surface area contributed by atoms with Gasteiger partial charge in [-0.2, -0.15) is 0 Å². The number of aryl methyl sites for hydroxylation is 4. The number of aromatic nitrogens is 6. The molecule has 0 radical (unpaired) electrons. The zero-order chi connectivity index (χ0) is 54.7. The first-order valence-electron chi connectivity index (χ1n) is 22.2. The smallest absolute Gasteiger partial charge is 0.335 e. The van der Waals surface area contributed by atoms with Gasteiger partial charge in [0.05, 0.1) is 35.2 Å². The van der Waals surface area contributed by atoms with Crippen LogP contribution in [0, 0.1) is 27.7 Å². The van der Waals surface area contributed by atoms with Crippen LogP contribution < -0.4 is 32.8 Å². The minimum absolute atomic E-state index is 0. The predicted octanol–water partition coefficient (Wildman–Crippen LogP) is 7.23. The van der Waals surface area contributed by atoms with Gasteiger partial charge >= 0.3 is 5.97 Å². The Morgan fingerprint density at radius 1 is 0.676 bits per heavy atom. The van der Waals surface area contributed by atoms with Crippen molar-refractivity contribution in [3.8, 4) is 0 Å². The number of anilines is 2. The fraction of sp³-hybridized carbons (Fsp3) is 0.200. The van der Waals surface area contributed by atoms with E-state index < -0.39 is 33.2 Å². The molecule has 2 aromatic carbocycles. The summed E-state index contributed by atoms with van der Waals surface area (Å²) in [5, 5.41) is 24.4. The number of halogens is 3. The average Bonchev–Trinajstić information content (AvgIpc) is 3.30. The Hall–Kier alpha value is -7.31. The fourth-order valence-electron chi connectivity index (χ4n) is 7.60. The number of carboxylic acid groups (broad SMARTS) is 1. The summed E-state index contributed by atoms with van der Waals surface area (Å²) < 4.78 is 63.6. The van der Waals surface area contributed by atoms with E-state index in [0.29, 0.717) is 73.6 Å². The van der Waals surface area contributed by atoms with Crippen molar-refractivity contribution < 1.29 is 37.3 Å². The number of carboxylic acids is 1. The number of hydrogen-bond donors (Lipinski definition) is 7. The van der Waals surface area contributed by atoms with E-state index in [1.165, 1.54) is 49.1 Å². The van der Waals surface area contributed by atoms with Gasteiger partial charge in [-0.05, 0) is 134 Å². The number of nitrogen functional groups attached to an aromatic ring is 2. The highest BCUT2D eigenvalue weighted by Gasteiger charge is 2.19. The van der Waals surface area contributed by atoms with Crippen molar-refractivity contribution in [2.24, 2.45) is 16.0 Å². The van der Waals surface area contributed by atoms with Crippen LogP contribution in [0.3, 0.4) is 0 Å². The minimum Gasteiger partial charge on any atom is -0.478 e. The monoisotopic (exact) mass is 1090 g/mol. The Morgan fingerprint density at radius 2 is 1.09 bits per heavy atom. The summed E-state index contributed by atoms with van der Waals surface area (Å²) in [5.41, 5.74) is 25.9. The molecule has 24 heteroatoms. The van der Waals surface area contributed by atoms with Crippen LogP contribution in [0.15, 0.2) is 107 Å². The number of hydrogen-bond acceptors (Lipinski definition) is 15. The predicted molar refractivity (Wildman–Crippen MR) is 286 cm³/mol. The second-order valence-corrected chi connectivity index (χ2v) is 20.1. The number of fused-ring (bicyclic) bond motifs is 2. The normalized spacial score (nSPS) is 11.1. The van der Waals surface area contributed by atoms with Gasteiger partial charge in [-0.1, -0.05) is 30.6 Å². The Morgan fingerprint density at radius 3 is 1.50 bits per heavy atom. The number of nitrogens with two attached hydrogens (primary N) is 5. The van der Waals surface area contributed by atoms with Crippen LogP contribution in [-0.4, -0.2) is 70.9 Å². The number of carbonyl (C=O) groups is 2. The van der Waals surface area contributed by atoms with E-state index in [9.17, 15) is 30.8 Å². The molecule has 0 aliphatic rings. The molecule has 8 aromatic rings. The molecule has 1 amide bonds. The molecular weight excluding hydrogens is 1030 g/mol. The van der Waals surface area contributed by atoms with Crippen molar-refractivity contribution in [1.82, 2.24) is 35.2 Å². The van der Waals surface area contributed by atoms with Crippen LogP contribution in [0.1, 0.15) is 85.7 Å². The van der Waals surface area contributed by atoms with Gasteiger partial charge in [-0.3, -0.25) is 29.1 Å².